The van der Waals surface area contributed by atoms with E-state index in [0.29, 0.717) is 22.3 Å². The summed E-state index contributed by atoms with van der Waals surface area (Å²) < 4.78 is 0. The van der Waals surface area contributed by atoms with Crippen LogP contribution in [0.4, 0.5) is 5.69 Å². The zero-order valence-corrected chi connectivity index (χ0v) is 12.0. The summed E-state index contributed by atoms with van der Waals surface area (Å²) in [4.78, 5) is 19.3. The van der Waals surface area contributed by atoms with Gasteiger partial charge in [0.2, 0.25) is 0 Å². The van der Waals surface area contributed by atoms with Gasteiger partial charge in [0, 0.05) is 17.7 Å². The molecule has 7 heteroatoms. The van der Waals surface area contributed by atoms with Crippen LogP contribution in [0.25, 0.3) is 22.3 Å². The minimum atomic E-state index is -1.22. The topological polar surface area (TPSA) is 109 Å². The quantitative estimate of drug-likeness (QED) is 0.565. The number of aliphatic hydroxyl groups excluding tert-OH is 2. The summed E-state index contributed by atoms with van der Waals surface area (Å²) in [7, 11) is 0. The molecule has 0 saturated heterocycles. The fraction of sp³-hybridized carbons (Fsp3) is 0.125. The molecule has 0 radical (unpaired) electrons. The molecule has 1 heterocycles. The van der Waals surface area contributed by atoms with E-state index in [1.807, 2.05) is 0 Å². The highest BCUT2D eigenvalue weighted by molar-refractivity contribution is 5.79. The summed E-state index contributed by atoms with van der Waals surface area (Å²) in [6.07, 6.45) is -1.22. The highest BCUT2D eigenvalue weighted by Crippen LogP contribution is 2.29. The zero-order chi connectivity index (χ0) is 16.4. The van der Waals surface area contributed by atoms with Gasteiger partial charge < -0.3 is 10.2 Å². The van der Waals surface area contributed by atoms with E-state index >= 15 is 0 Å². The number of hydrogen-bond acceptors (Lipinski definition) is 6. The third-order valence-electron chi connectivity index (χ3n) is 3.42. The Morgan fingerprint density at radius 3 is 2.43 bits per heavy atom. The van der Waals surface area contributed by atoms with Gasteiger partial charge in [0.15, 0.2) is 0 Å². The van der Waals surface area contributed by atoms with E-state index in [1.165, 1.54) is 12.1 Å². The van der Waals surface area contributed by atoms with Crippen molar-refractivity contribution in [3.63, 3.8) is 0 Å². The number of nitro groups is 1. The summed E-state index contributed by atoms with van der Waals surface area (Å²) in [5.41, 5.74) is 2.05. The number of rotatable bonds is 4. The van der Waals surface area contributed by atoms with Gasteiger partial charge in [-0.3, -0.25) is 10.1 Å². The molecule has 7 nitrogen and oxygen atoms in total. The highest BCUT2D eigenvalue weighted by atomic mass is 16.6. The fourth-order valence-corrected chi connectivity index (χ4v) is 2.31. The molecule has 0 aliphatic rings. The molecule has 3 rings (SSSR count). The molecule has 1 unspecified atom stereocenters. The number of fused-ring (bicyclic) bond motifs is 1. The minimum Gasteiger partial charge on any atom is -0.393 e. The highest BCUT2D eigenvalue weighted by Gasteiger charge is 2.19. The van der Waals surface area contributed by atoms with E-state index in [9.17, 15) is 20.3 Å². The maximum atomic E-state index is 11.0. The molecule has 1 atom stereocenters. The predicted molar refractivity (Wildman–Crippen MR) is 83.7 cm³/mol. The molecule has 2 aromatic carbocycles. The van der Waals surface area contributed by atoms with Crippen LogP contribution in [0.15, 0.2) is 48.5 Å². The zero-order valence-electron chi connectivity index (χ0n) is 12.0. The van der Waals surface area contributed by atoms with Crippen molar-refractivity contribution >= 4 is 16.7 Å². The Balaban J connectivity index is 2.25. The smallest absolute Gasteiger partial charge is 0.270 e. The van der Waals surface area contributed by atoms with Gasteiger partial charge in [0.25, 0.3) is 5.69 Å². The Morgan fingerprint density at radius 1 is 1.09 bits per heavy atom. The maximum absolute atomic E-state index is 11.0. The Morgan fingerprint density at radius 2 is 1.78 bits per heavy atom. The number of nitrogens with zero attached hydrogens (tertiary/aromatic N) is 3. The molecule has 0 fully saturated rings. The van der Waals surface area contributed by atoms with Crippen molar-refractivity contribution in [3.05, 3.63) is 64.3 Å². The number of nitro benzene ring substituents is 1. The van der Waals surface area contributed by atoms with Gasteiger partial charge in [-0.2, -0.15) is 0 Å². The largest absolute Gasteiger partial charge is 0.393 e. The molecule has 2 N–H and O–H groups in total. The van der Waals surface area contributed by atoms with E-state index in [1.54, 1.807) is 36.4 Å². The second-order valence-electron chi connectivity index (χ2n) is 4.95. The number of non-ortho nitro benzene ring substituents is 1. The summed E-state index contributed by atoms with van der Waals surface area (Å²) in [6, 6.07) is 13.0. The first-order valence-electron chi connectivity index (χ1n) is 6.90. The minimum absolute atomic E-state index is 0.0816. The molecular formula is C16H13N3O4. The van der Waals surface area contributed by atoms with Gasteiger partial charge in [-0.25, -0.2) is 9.97 Å². The van der Waals surface area contributed by atoms with Crippen molar-refractivity contribution in [1.82, 2.24) is 9.97 Å². The molecule has 1 aromatic heterocycles. The Bertz CT molecular complexity index is 882. The van der Waals surface area contributed by atoms with E-state index in [-0.39, 0.29) is 11.4 Å². The molecule has 0 saturated carbocycles. The van der Waals surface area contributed by atoms with Crippen LogP contribution < -0.4 is 0 Å². The van der Waals surface area contributed by atoms with E-state index in [2.05, 4.69) is 9.97 Å². The van der Waals surface area contributed by atoms with Gasteiger partial charge in [0.1, 0.15) is 6.10 Å². The first-order valence-corrected chi connectivity index (χ1v) is 6.90. The average Bonchev–Trinajstić information content (AvgIpc) is 2.60. The summed E-state index contributed by atoms with van der Waals surface area (Å²) >= 11 is 0. The third-order valence-corrected chi connectivity index (χ3v) is 3.42. The first kappa shape index (κ1) is 15.0. The van der Waals surface area contributed by atoms with Crippen molar-refractivity contribution in [2.75, 3.05) is 6.61 Å². The summed E-state index contributed by atoms with van der Waals surface area (Å²) in [6.45, 7) is -0.519. The normalized spacial score (nSPS) is 12.3. The van der Waals surface area contributed by atoms with Gasteiger partial charge >= 0.3 is 0 Å². The van der Waals surface area contributed by atoms with Crippen LogP contribution in [0, 0.1) is 10.1 Å². The second-order valence-corrected chi connectivity index (χ2v) is 4.95. The lowest BCUT2D eigenvalue weighted by molar-refractivity contribution is -0.384. The fourth-order valence-electron chi connectivity index (χ4n) is 2.31. The summed E-state index contributed by atoms with van der Waals surface area (Å²) in [5.74, 6) is 0. The lowest BCUT2D eigenvalue weighted by Gasteiger charge is -2.13. The number of aliphatic hydroxyl groups is 2. The van der Waals surface area contributed by atoms with Crippen LogP contribution in [-0.4, -0.2) is 31.7 Å². The molecule has 0 amide bonds. The molecule has 0 aliphatic heterocycles. The van der Waals surface area contributed by atoms with Crippen LogP contribution in [0.1, 0.15) is 11.8 Å². The van der Waals surface area contributed by atoms with Crippen LogP contribution in [0.2, 0.25) is 0 Å². The van der Waals surface area contributed by atoms with Crippen LogP contribution in [-0.2, 0) is 0 Å². The Kier molecular flexibility index (Phi) is 3.96. The van der Waals surface area contributed by atoms with Crippen molar-refractivity contribution in [1.29, 1.82) is 0 Å². The second kappa shape index (κ2) is 6.07. The van der Waals surface area contributed by atoms with E-state index in [4.69, 9.17) is 0 Å². The van der Waals surface area contributed by atoms with Crippen molar-refractivity contribution in [3.8, 4) is 11.3 Å². The van der Waals surface area contributed by atoms with Gasteiger partial charge in [0.05, 0.1) is 34.0 Å². The lowest BCUT2D eigenvalue weighted by Crippen LogP contribution is -2.09. The molecule has 0 aliphatic carbocycles. The SMILES string of the molecule is O=[N+]([O-])c1cccc(-c2nc3ccccc3nc2C(O)CO)c1. The first-order chi connectivity index (χ1) is 11.1. The van der Waals surface area contributed by atoms with Gasteiger partial charge in [-0.05, 0) is 12.1 Å². The average molecular weight is 311 g/mol. The maximum Gasteiger partial charge on any atom is 0.270 e. The molecule has 116 valence electrons. The molecular weight excluding hydrogens is 298 g/mol. The van der Waals surface area contributed by atoms with Gasteiger partial charge in [-0.1, -0.05) is 24.3 Å². The van der Waals surface area contributed by atoms with Crippen molar-refractivity contribution in [2.45, 2.75) is 6.10 Å². The molecule has 3 aromatic rings. The summed E-state index contributed by atoms with van der Waals surface area (Å²) in [5, 5.41) is 30.2. The number of para-hydroxylation sites is 2. The van der Waals surface area contributed by atoms with E-state index < -0.39 is 17.6 Å². The standard InChI is InChI=1S/C16H13N3O4/c20-9-14(21)16-15(10-4-3-5-11(8-10)19(22)23)17-12-6-1-2-7-13(12)18-16/h1-8,14,20-21H,9H2. The Hall–Kier alpha value is -2.90. The molecule has 0 bridgehead atoms. The Labute approximate surface area is 131 Å². The monoisotopic (exact) mass is 311 g/mol. The number of hydrogen-bond donors (Lipinski definition) is 2. The van der Waals surface area contributed by atoms with Crippen molar-refractivity contribution in [2.24, 2.45) is 0 Å². The predicted octanol–water partition coefficient (Wildman–Crippen LogP) is 2.23. The molecule has 0 spiro atoms. The lowest BCUT2D eigenvalue weighted by atomic mass is 10.1. The van der Waals surface area contributed by atoms with Crippen molar-refractivity contribution < 1.29 is 15.1 Å². The number of aromatic nitrogens is 2. The van der Waals surface area contributed by atoms with E-state index in [0.717, 1.165) is 0 Å². The van der Waals surface area contributed by atoms with Gasteiger partial charge in [-0.15, -0.1) is 0 Å². The van der Waals surface area contributed by atoms with Crippen LogP contribution in [0.5, 0.6) is 0 Å². The third kappa shape index (κ3) is 2.87. The molecule has 23 heavy (non-hydrogen) atoms. The number of benzene rings is 2. The van der Waals surface area contributed by atoms with Crippen LogP contribution >= 0.6 is 0 Å². The van der Waals surface area contributed by atoms with Crippen LogP contribution in [0.3, 0.4) is 0 Å².